The zero-order valence-electron chi connectivity index (χ0n) is 13.8. The first-order valence-corrected chi connectivity index (χ1v) is 8.14. The maximum Gasteiger partial charge on any atom is 0.271 e. The Morgan fingerprint density at radius 3 is 2.78 bits per heavy atom. The minimum atomic E-state index is -0.178. The lowest BCUT2D eigenvalue weighted by molar-refractivity contribution is 0.0937. The molecule has 5 nitrogen and oxygen atoms in total. The minimum Gasteiger partial charge on any atom is -0.349 e. The molecule has 1 aromatic carbocycles. The second-order valence-electron chi connectivity index (χ2n) is 5.74. The van der Waals surface area contributed by atoms with Gasteiger partial charge in [-0.3, -0.25) is 9.89 Å². The van der Waals surface area contributed by atoms with Crippen molar-refractivity contribution in [1.29, 1.82) is 0 Å². The van der Waals surface area contributed by atoms with E-state index in [1.807, 2.05) is 43.3 Å². The van der Waals surface area contributed by atoms with Crippen molar-refractivity contribution in [3.63, 3.8) is 0 Å². The number of carbonyl (C=O) groups excluding carboxylic acids is 1. The molecule has 0 bridgehead atoms. The Kier molecular flexibility index (Phi) is 6.19. The standard InChI is InChI=1S/C17H23ClN4O/c1-4-7-12-10-15(21-20-12)17(23)19-11-16(22(2)3)13-8-5-6-9-14(13)18/h5-6,8-10,16H,4,7,11H2,1-3H3,(H,19,23)(H,20,21). The van der Waals surface area contributed by atoms with Crippen LogP contribution < -0.4 is 5.32 Å². The second kappa shape index (κ2) is 8.13. The van der Waals surface area contributed by atoms with Gasteiger partial charge < -0.3 is 10.2 Å². The number of nitrogens with one attached hydrogen (secondary N) is 2. The molecular formula is C17H23ClN4O. The van der Waals surface area contributed by atoms with Crippen LogP contribution in [0.4, 0.5) is 0 Å². The number of rotatable bonds is 7. The smallest absolute Gasteiger partial charge is 0.271 e. The fraction of sp³-hybridized carbons (Fsp3) is 0.412. The number of carbonyl (C=O) groups is 1. The molecular weight excluding hydrogens is 312 g/mol. The van der Waals surface area contributed by atoms with Gasteiger partial charge in [-0.25, -0.2) is 0 Å². The summed E-state index contributed by atoms with van der Waals surface area (Å²) >= 11 is 6.28. The highest BCUT2D eigenvalue weighted by atomic mass is 35.5. The SMILES string of the molecule is CCCc1cc(C(=O)NCC(c2ccccc2Cl)N(C)C)n[nH]1. The van der Waals surface area contributed by atoms with Crippen LogP contribution >= 0.6 is 11.6 Å². The lowest BCUT2D eigenvalue weighted by Crippen LogP contribution is -2.34. The fourth-order valence-electron chi connectivity index (χ4n) is 2.47. The van der Waals surface area contributed by atoms with Crippen molar-refractivity contribution in [2.75, 3.05) is 20.6 Å². The van der Waals surface area contributed by atoms with Gasteiger partial charge in [0.05, 0.1) is 6.04 Å². The van der Waals surface area contributed by atoms with E-state index in [9.17, 15) is 4.79 Å². The zero-order chi connectivity index (χ0) is 16.8. The first-order valence-electron chi connectivity index (χ1n) is 7.76. The summed E-state index contributed by atoms with van der Waals surface area (Å²) in [5.41, 5.74) is 2.39. The summed E-state index contributed by atoms with van der Waals surface area (Å²) < 4.78 is 0. The topological polar surface area (TPSA) is 61.0 Å². The summed E-state index contributed by atoms with van der Waals surface area (Å²) in [5.74, 6) is -0.178. The molecule has 0 spiro atoms. The molecule has 0 saturated heterocycles. The van der Waals surface area contributed by atoms with Crippen LogP contribution in [0, 0.1) is 0 Å². The number of amides is 1. The van der Waals surface area contributed by atoms with Gasteiger partial charge in [0.1, 0.15) is 5.69 Å². The van der Waals surface area contributed by atoms with E-state index in [0.717, 1.165) is 24.1 Å². The van der Waals surface area contributed by atoms with Crippen LogP contribution in [-0.2, 0) is 6.42 Å². The highest BCUT2D eigenvalue weighted by Crippen LogP contribution is 2.25. The van der Waals surface area contributed by atoms with Gasteiger partial charge in [-0.15, -0.1) is 0 Å². The Labute approximate surface area is 142 Å². The summed E-state index contributed by atoms with van der Waals surface area (Å²) in [6.45, 7) is 2.55. The van der Waals surface area contributed by atoms with Crippen LogP contribution in [0.3, 0.4) is 0 Å². The molecule has 0 aliphatic heterocycles. The van der Waals surface area contributed by atoms with Crippen molar-refractivity contribution in [1.82, 2.24) is 20.4 Å². The van der Waals surface area contributed by atoms with Crippen LogP contribution in [0.5, 0.6) is 0 Å². The maximum atomic E-state index is 12.3. The zero-order valence-corrected chi connectivity index (χ0v) is 14.5. The number of hydrogen-bond donors (Lipinski definition) is 2. The Bertz CT molecular complexity index is 654. The summed E-state index contributed by atoms with van der Waals surface area (Å²) in [5, 5.41) is 10.6. The highest BCUT2D eigenvalue weighted by Gasteiger charge is 2.19. The van der Waals surface area contributed by atoms with E-state index in [0.29, 0.717) is 17.3 Å². The molecule has 2 N–H and O–H groups in total. The van der Waals surface area contributed by atoms with E-state index in [-0.39, 0.29) is 11.9 Å². The van der Waals surface area contributed by atoms with Crippen LogP contribution in [-0.4, -0.2) is 41.6 Å². The Morgan fingerprint density at radius 1 is 1.39 bits per heavy atom. The monoisotopic (exact) mass is 334 g/mol. The number of benzene rings is 1. The van der Waals surface area contributed by atoms with Gasteiger partial charge in [-0.1, -0.05) is 43.1 Å². The molecule has 6 heteroatoms. The van der Waals surface area contributed by atoms with Gasteiger partial charge in [0, 0.05) is 17.3 Å². The van der Waals surface area contributed by atoms with Crippen LogP contribution in [0.2, 0.25) is 5.02 Å². The predicted molar refractivity (Wildman–Crippen MR) is 92.8 cm³/mol. The average molecular weight is 335 g/mol. The summed E-state index contributed by atoms with van der Waals surface area (Å²) in [6, 6.07) is 9.49. The third kappa shape index (κ3) is 4.56. The lowest BCUT2D eigenvalue weighted by Gasteiger charge is -2.25. The van der Waals surface area contributed by atoms with Crippen LogP contribution in [0.1, 0.15) is 41.1 Å². The average Bonchev–Trinajstić information content (AvgIpc) is 2.98. The number of hydrogen-bond acceptors (Lipinski definition) is 3. The quantitative estimate of drug-likeness (QED) is 0.818. The molecule has 2 aromatic rings. The third-order valence-corrected chi connectivity index (χ3v) is 4.07. The lowest BCUT2D eigenvalue weighted by atomic mass is 10.1. The Hall–Kier alpha value is -1.85. The van der Waals surface area contributed by atoms with E-state index in [4.69, 9.17) is 11.6 Å². The first-order chi connectivity index (χ1) is 11.0. The van der Waals surface area contributed by atoms with Crippen molar-refractivity contribution in [2.24, 2.45) is 0 Å². The molecule has 1 amide bonds. The number of H-pyrrole nitrogens is 1. The normalized spacial score (nSPS) is 12.4. The van der Waals surface area contributed by atoms with Crippen molar-refractivity contribution < 1.29 is 4.79 Å². The van der Waals surface area contributed by atoms with E-state index >= 15 is 0 Å². The molecule has 0 saturated carbocycles. The molecule has 1 unspecified atom stereocenters. The molecule has 1 atom stereocenters. The van der Waals surface area contributed by atoms with Crippen LogP contribution in [0.15, 0.2) is 30.3 Å². The van der Waals surface area contributed by atoms with Crippen molar-refractivity contribution in [3.05, 3.63) is 52.3 Å². The number of likely N-dealkylation sites (N-methyl/N-ethyl adjacent to an activating group) is 1. The summed E-state index contributed by atoms with van der Waals surface area (Å²) in [4.78, 5) is 14.3. The molecule has 0 aliphatic rings. The third-order valence-electron chi connectivity index (χ3n) is 3.73. The molecule has 0 radical (unpaired) electrons. The molecule has 2 rings (SSSR count). The van der Waals surface area contributed by atoms with Crippen molar-refractivity contribution >= 4 is 17.5 Å². The second-order valence-corrected chi connectivity index (χ2v) is 6.15. The van der Waals surface area contributed by atoms with E-state index in [2.05, 4.69) is 22.4 Å². The van der Waals surface area contributed by atoms with E-state index in [1.165, 1.54) is 0 Å². The van der Waals surface area contributed by atoms with E-state index in [1.54, 1.807) is 6.07 Å². The molecule has 0 aliphatic carbocycles. The number of nitrogens with zero attached hydrogens (tertiary/aromatic N) is 2. The van der Waals surface area contributed by atoms with Gasteiger partial charge in [0.15, 0.2) is 0 Å². The number of aromatic amines is 1. The number of halogens is 1. The van der Waals surface area contributed by atoms with Gasteiger partial charge in [0.25, 0.3) is 5.91 Å². The Morgan fingerprint density at radius 2 is 2.13 bits per heavy atom. The Balaban J connectivity index is 2.04. The number of aryl methyl sites for hydroxylation is 1. The molecule has 1 aromatic heterocycles. The van der Waals surface area contributed by atoms with Gasteiger partial charge in [0.2, 0.25) is 0 Å². The van der Waals surface area contributed by atoms with Crippen molar-refractivity contribution in [2.45, 2.75) is 25.8 Å². The van der Waals surface area contributed by atoms with Gasteiger partial charge in [-0.2, -0.15) is 5.10 Å². The number of aromatic nitrogens is 2. The molecule has 23 heavy (non-hydrogen) atoms. The van der Waals surface area contributed by atoms with E-state index < -0.39 is 0 Å². The molecule has 1 heterocycles. The minimum absolute atomic E-state index is 0.00158. The van der Waals surface area contributed by atoms with Crippen LogP contribution in [0.25, 0.3) is 0 Å². The van der Waals surface area contributed by atoms with Gasteiger partial charge in [-0.05, 0) is 38.2 Å². The molecule has 0 fully saturated rings. The summed E-state index contributed by atoms with van der Waals surface area (Å²) in [6.07, 6.45) is 1.90. The molecule has 124 valence electrons. The maximum absolute atomic E-state index is 12.3. The highest BCUT2D eigenvalue weighted by molar-refractivity contribution is 6.31. The predicted octanol–water partition coefficient (Wildman–Crippen LogP) is 3.05. The fourth-order valence-corrected chi connectivity index (χ4v) is 2.73. The first kappa shape index (κ1) is 17.5. The largest absolute Gasteiger partial charge is 0.349 e. The van der Waals surface area contributed by atoms with Gasteiger partial charge >= 0.3 is 0 Å². The van der Waals surface area contributed by atoms with Crippen molar-refractivity contribution in [3.8, 4) is 0 Å². The summed E-state index contributed by atoms with van der Waals surface area (Å²) in [7, 11) is 3.93.